The number of morpholine rings is 1. The smallest absolute Gasteiger partial charge is 0.220 e. The number of rotatable bonds is 6. The number of hydrogen-bond acceptors (Lipinski definition) is 4. The van der Waals surface area contributed by atoms with Crippen LogP contribution in [0.25, 0.3) is 0 Å². The van der Waals surface area contributed by atoms with Crippen LogP contribution in [0.1, 0.15) is 56.1 Å². The largest absolute Gasteiger partial charge is 0.390 e. The van der Waals surface area contributed by atoms with E-state index < -0.39 is 5.60 Å². The van der Waals surface area contributed by atoms with Crippen LogP contribution in [0.2, 0.25) is 0 Å². The zero-order valence-electron chi connectivity index (χ0n) is 17.4. The van der Waals surface area contributed by atoms with Crippen molar-refractivity contribution in [2.75, 3.05) is 26.3 Å². The van der Waals surface area contributed by atoms with Gasteiger partial charge in [-0.15, -0.1) is 0 Å². The van der Waals surface area contributed by atoms with Gasteiger partial charge in [-0.05, 0) is 66.9 Å². The molecule has 2 N–H and O–H groups in total. The minimum Gasteiger partial charge on any atom is -0.390 e. The fourth-order valence-corrected chi connectivity index (χ4v) is 7.09. The fourth-order valence-electron chi connectivity index (χ4n) is 7.09. The lowest BCUT2D eigenvalue weighted by molar-refractivity contribution is -0.169. The average Bonchev–Trinajstić information content (AvgIpc) is 2.66. The van der Waals surface area contributed by atoms with Crippen molar-refractivity contribution < 1.29 is 14.6 Å². The van der Waals surface area contributed by atoms with Crippen molar-refractivity contribution in [3.05, 3.63) is 35.4 Å². The summed E-state index contributed by atoms with van der Waals surface area (Å²) in [7, 11) is 0. The normalized spacial score (nSPS) is 36.3. The van der Waals surface area contributed by atoms with Gasteiger partial charge in [-0.1, -0.05) is 24.3 Å². The molecule has 5 aliphatic rings. The molecule has 2 atom stereocenters. The van der Waals surface area contributed by atoms with Crippen molar-refractivity contribution in [2.45, 2.75) is 63.6 Å². The Kier molecular flexibility index (Phi) is 5.17. The number of aliphatic hydroxyl groups is 1. The Morgan fingerprint density at radius 3 is 2.48 bits per heavy atom. The number of carbonyl (C=O) groups is 1. The van der Waals surface area contributed by atoms with Crippen molar-refractivity contribution in [3.63, 3.8) is 0 Å². The third-order valence-corrected chi connectivity index (χ3v) is 7.78. The summed E-state index contributed by atoms with van der Waals surface area (Å²) in [5.74, 6) is 1.41. The van der Waals surface area contributed by atoms with Gasteiger partial charge in [0.25, 0.3) is 0 Å². The van der Waals surface area contributed by atoms with E-state index in [-0.39, 0.29) is 11.3 Å². The van der Waals surface area contributed by atoms with Crippen LogP contribution >= 0.6 is 0 Å². The topological polar surface area (TPSA) is 61.8 Å². The molecule has 1 aromatic carbocycles. The molecule has 1 heterocycles. The van der Waals surface area contributed by atoms with Gasteiger partial charge in [0.1, 0.15) is 0 Å². The molecule has 6 rings (SSSR count). The highest BCUT2D eigenvalue weighted by atomic mass is 16.5. The van der Waals surface area contributed by atoms with Crippen LogP contribution in [-0.4, -0.2) is 47.8 Å². The van der Waals surface area contributed by atoms with Crippen molar-refractivity contribution in [2.24, 2.45) is 17.3 Å². The van der Waals surface area contributed by atoms with E-state index in [0.717, 1.165) is 65.0 Å². The molecule has 1 aromatic rings. The predicted octanol–water partition coefficient (Wildman–Crippen LogP) is 2.86. The number of amides is 1. The van der Waals surface area contributed by atoms with Crippen molar-refractivity contribution >= 4 is 5.91 Å². The van der Waals surface area contributed by atoms with E-state index >= 15 is 0 Å². The minimum absolute atomic E-state index is 0.0379. The Hall–Kier alpha value is -1.43. The van der Waals surface area contributed by atoms with Gasteiger partial charge in [-0.3, -0.25) is 9.69 Å². The molecule has 0 spiro atoms. The zero-order chi connectivity index (χ0) is 19.9. The van der Waals surface area contributed by atoms with Crippen LogP contribution in [-0.2, 0) is 22.6 Å². The lowest BCUT2D eigenvalue weighted by atomic mass is 9.47. The van der Waals surface area contributed by atoms with E-state index in [4.69, 9.17) is 4.74 Å². The Balaban J connectivity index is 1.19. The first-order valence-corrected chi connectivity index (χ1v) is 11.4. The third kappa shape index (κ3) is 4.23. The van der Waals surface area contributed by atoms with Gasteiger partial charge in [0.05, 0.1) is 18.8 Å². The van der Waals surface area contributed by atoms with Crippen molar-refractivity contribution in [1.29, 1.82) is 0 Å². The molecule has 158 valence electrons. The fraction of sp³-hybridized carbons (Fsp3) is 0.708. The number of nitrogens with one attached hydrogen (secondary N) is 1. The number of ether oxygens (including phenoxy) is 1. The van der Waals surface area contributed by atoms with Gasteiger partial charge in [0.15, 0.2) is 0 Å². The third-order valence-electron chi connectivity index (χ3n) is 7.78. The monoisotopic (exact) mass is 398 g/mol. The van der Waals surface area contributed by atoms with Crippen molar-refractivity contribution in [3.8, 4) is 0 Å². The Labute approximate surface area is 173 Å². The highest BCUT2D eigenvalue weighted by Crippen LogP contribution is 2.62. The van der Waals surface area contributed by atoms with Gasteiger partial charge < -0.3 is 15.2 Å². The van der Waals surface area contributed by atoms with Gasteiger partial charge >= 0.3 is 0 Å². The van der Waals surface area contributed by atoms with E-state index in [1.807, 2.05) is 0 Å². The standard InChI is InChI=1S/C24H34N2O3/c27-22(14-23-10-18-9-19(11-23)13-24(28,12-18)17-23)25-15-20-3-1-2-4-21(20)16-26-5-7-29-8-6-26/h1-4,18-19,28H,5-17H2,(H,25,27). The molecule has 5 fully saturated rings. The van der Waals surface area contributed by atoms with Crippen LogP contribution < -0.4 is 5.32 Å². The second kappa shape index (κ2) is 7.68. The van der Waals surface area contributed by atoms with Crippen LogP contribution in [0, 0.1) is 17.3 Å². The lowest BCUT2D eigenvalue weighted by Crippen LogP contribution is -2.56. The number of hydrogen-bond donors (Lipinski definition) is 2. The summed E-state index contributed by atoms with van der Waals surface area (Å²) in [5, 5.41) is 14.1. The summed E-state index contributed by atoms with van der Waals surface area (Å²) < 4.78 is 5.45. The summed E-state index contributed by atoms with van der Waals surface area (Å²) in [6, 6.07) is 8.44. The van der Waals surface area contributed by atoms with E-state index in [2.05, 4.69) is 34.5 Å². The zero-order valence-corrected chi connectivity index (χ0v) is 17.4. The number of nitrogens with zero attached hydrogens (tertiary/aromatic N) is 1. The molecule has 2 unspecified atom stereocenters. The van der Waals surface area contributed by atoms with Crippen LogP contribution in [0.3, 0.4) is 0 Å². The maximum Gasteiger partial charge on any atom is 0.220 e. The molecule has 4 aliphatic carbocycles. The molecule has 1 saturated heterocycles. The van der Waals surface area contributed by atoms with E-state index in [1.54, 1.807) is 0 Å². The first-order valence-electron chi connectivity index (χ1n) is 11.4. The molecule has 0 aromatic heterocycles. The summed E-state index contributed by atoms with van der Waals surface area (Å²) >= 11 is 0. The second-order valence-corrected chi connectivity index (χ2v) is 10.3. The van der Waals surface area contributed by atoms with Gasteiger partial charge in [-0.2, -0.15) is 0 Å². The van der Waals surface area contributed by atoms with Crippen LogP contribution in [0.4, 0.5) is 0 Å². The maximum absolute atomic E-state index is 12.9. The summed E-state index contributed by atoms with van der Waals surface area (Å²) in [4.78, 5) is 15.3. The molecule has 4 saturated carbocycles. The summed E-state index contributed by atoms with van der Waals surface area (Å²) in [6.45, 7) is 5.04. The van der Waals surface area contributed by atoms with Crippen molar-refractivity contribution in [1.82, 2.24) is 10.2 Å². The van der Waals surface area contributed by atoms with Crippen LogP contribution in [0.5, 0.6) is 0 Å². The minimum atomic E-state index is -0.491. The summed E-state index contributed by atoms with van der Waals surface area (Å²) in [6.07, 6.45) is 6.85. The first-order chi connectivity index (χ1) is 14.0. The Morgan fingerprint density at radius 2 is 1.79 bits per heavy atom. The second-order valence-electron chi connectivity index (χ2n) is 10.3. The van der Waals surface area contributed by atoms with Gasteiger partial charge in [0.2, 0.25) is 5.91 Å². The number of carbonyl (C=O) groups excluding carboxylic acids is 1. The first kappa shape index (κ1) is 19.5. The van der Waals surface area contributed by atoms with Crippen LogP contribution in [0.15, 0.2) is 24.3 Å². The Morgan fingerprint density at radius 1 is 1.10 bits per heavy atom. The van der Waals surface area contributed by atoms with Gasteiger partial charge in [0, 0.05) is 32.6 Å². The quantitative estimate of drug-likeness (QED) is 0.774. The maximum atomic E-state index is 12.9. The highest BCUT2D eigenvalue weighted by Gasteiger charge is 2.57. The predicted molar refractivity (Wildman–Crippen MR) is 111 cm³/mol. The molecule has 5 nitrogen and oxygen atoms in total. The highest BCUT2D eigenvalue weighted by molar-refractivity contribution is 5.76. The van der Waals surface area contributed by atoms with Gasteiger partial charge in [-0.25, -0.2) is 0 Å². The average molecular weight is 399 g/mol. The molecular weight excluding hydrogens is 364 g/mol. The number of benzene rings is 1. The molecule has 0 radical (unpaired) electrons. The SMILES string of the molecule is O=C(CC12CC3CC(CC(O)(C3)C1)C2)NCc1ccccc1CN1CCOCC1. The molecule has 4 bridgehead atoms. The van der Waals surface area contributed by atoms with E-state index in [1.165, 1.54) is 17.5 Å². The van der Waals surface area contributed by atoms with E-state index in [9.17, 15) is 9.90 Å². The Bertz CT molecular complexity index is 744. The molecule has 1 aliphatic heterocycles. The molecule has 1 amide bonds. The lowest BCUT2D eigenvalue weighted by Gasteiger charge is -2.60. The molecule has 29 heavy (non-hydrogen) atoms. The molecular formula is C24H34N2O3. The van der Waals surface area contributed by atoms with E-state index in [0.29, 0.717) is 24.8 Å². The summed E-state index contributed by atoms with van der Waals surface area (Å²) in [5.41, 5.74) is 2.04. The molecule has 5 heteroatoms.